The lowest BCUT2D eigenvalue weighted by atomic mass is 10.3. The lowest BCUT2D eigenvalue weighted by Crippen LogP contribution is -2.36. The molecule has 0 amide bonds. The molecule has 0 aliphatic rings. The van der Waals surface area contributed by atoms with Crippen LogP contribution in [-0.4, -0.2) is 37.2 Å². The van der Waals surface area contributed by atoms with Gasteiger partial charge >= 0.3 is 5.97 Å². The summed E-state index contributed by atoms with van der Waals surface area (Å²) in [5.41, 5.74) is 0. The van der Waals surface area contributed by atoms with E-state index in [4.69, 9.17) is 10.2 Å². The molecule has 0 aromatic carbocycles. The average molecular weight is 358 g/mol. The molecule has 9 heteroatoms. The topological polar surface area (TPSA) is 104 Å². The van der Waals surface area contributed by atoms with Crippen LogP contribution in [0.4, 0.5) is 0 Å². The van der Waals surface area contributed by atoms with Gasteiger partial charge in [0.05, 0.1) is 10.4 Å². The van der Waals surface area contributed by atoms with Gasteiger partial charge in [-0.25, -0.2) is 17.9 Å². The first-order valence-corrected chi connectivity index (χ1v) is 8.07. The van der Waals surface area contributed by atoms with E-state index in [1.54, 1.807) is 6.92 Å². The van der Waals surface area contributed by atoms with Crippen LogP contribution >= 0.6 is 27.3 Å². The smallest absolute Gasteiger partial charge is 0.345 e. The first-order chi connectivity index (χ1) is 8.31. The van der Waals surface area contributed by atoms with Crippen LogP contribution in [0.25, 0.3) is 0 Å². The molecule has 0 aliphatic heterocycles. The maximum Gasteiger partial charge on any atom is 0.345 e. The standard InChI is InChI=1S/C9H12BrNO5S2/c1-2-5(4-12)11-18(15,16)7-3-6(9(13)14)17-8(7)10/h3,5,11-12H,2,4H2,1H3,(H,13,14). The Balaban J connectivity index is 3.09. The summed E-state index contributed by atoms with van der Waals surface area (Å²) in [5.74, 6) is -1.18. The minimum atomic E-state index is -3.84. The number of aliphatic hydroxyl groups is 1. The predicted octanol–water partition coefficient (Wildman–Crippen LogP) is 1.26. The van der Waals surface area contributed by atoms with E-state index in [-0.39, 0.29) is 20.2 Å². The maximum absolute atomic E-state index is 12.0. The molecule has 1 aromatic heterocycles. The van der Waals surface area contributed by atoms with E-state index in [9.17, 15) is 13.2 Å². The minimum Gasteiger partial charge on any atom is -0.477 e. The van der Waals surface area contributed by atoms with Crippen molar-refractivity contribution in [3.8, 4) is 0 Å². The molecule has 3 N–H and O–H groups in total. The van der Waals surface area contributed by atoms with Crippen molar-refractivity contribution in [1.29, 1.82) is 0 Å². The zero-order valence-corrected chi connectivity index (χ0v) is 12.6. The van der Waals surface area contributed by atoms with Gasteiger partial charge in [-0.2, -0.15) is 0 Å². The molecule has 0 spiro atoms. The number of hydrogen-bond donors (Lipinski definition) is 3. The normalized spacial score (nSPS) is 13.5. The molecule has 0 bridgehead atoms. The summed E-state index contributed by atoms with van der Waals surface area (Å²) in [4.78, 5) is 10.6. The van der Waals surface area contributed by atoms with Crippen LogP contribution < -0.4 is 4.72 Å². The van der Waals surface area contributed by atoms with Crippen molar-refractivity contribution in [2.75, 3.05) is 6.61 Å². The van der Waals surface area contributed by atoms with Gasteiger partial charge in [0.15, 0.2) is 0 Å². The Hall–Kier alpha value is -0.480. The number of carbonyl (C=O) groups is 1. The molecule has 0 fully saturated rings. The van der Waals surface area contributed by atoms with Gasteiger partial charge in [-0.15, -0.1) is 11.3 Å². The number of carboxylic acid groups (broad SMARTS) is 1. The number of nitrogens with one attached hydrogen (secondary N) is 1. The van der Waals surface area contributed by atoms with Crippen molar-refractivity contribution in [2.45, 2.75) is 24.3 Å². The van der Waals surface area contributed by atoms with Crippen molar-refractivity contribution in [3.63, 3.8) is 0 Å². The van der Waals surface area contributed by atoms with Crippen LogP contribution in [0.3, 0.4) is 0 Å². The van der Waals surface area contributed by atoms with Gasteiger partial charge in [0, 0.05) is 6.04 Å². The third kappa shape index (κ3) is 3.51. The molecule has 1 atom stereocenters. The van der Waals surface area contributed by atoms with Gasteiger partial charge in [-0.3, -0.25) is 0 Å². The summed E-state index contributed by atoms with van der Waals surface area (Å²) < 4.78 is 26.5. The fourth-order valence-corrected chi connectivity index (χ4v) is 4.89. The average Bonchev–Trinajstić information content (AvgIpc) is 2.69. The van der Waals surface area contributed by atoms with E-state index in [0.29, 0.717) is 6.42 Å². The molecule has 0 saturated heterocycles. The van der Waals surface area contributed by atoms with Crippen molar-refractivity contribution >= 4 is 43.3 Å². The second-order valence-corrected chi connectivity index (χ2v) is 7.52. The van der Waals surface area contributed by atoms with Gasteiger partial charge in [0.2, 0.25) is 10.0 Å². The predicted molar refractivity (Wildman–Crippen MR) is 70.5 cm³/mol. The number of carboxylic acids is 1. The Kier molecular flexibility index (Phi) is 5.29. The summed E-state index contributed by atoms with van der Waals surface area (Å²) in [6, 6.07) is 0.499. The lowest BCUT2D eigenvalue weighted by Gasteiger charge is -2.13. The van der Waals surface area contributed by atoms with Gasteiger partial charge in [0.1, 0.15) is 9.77 Å². The van der Waals surface area contributed by atoms with Crippen LogP contribution in [0, 0.1) is 0 Å². The Bertz CT molecular complexity index is 535. The number of sulfonamides is 1. The number of thiophene rings is 1. The molecule has 6 nitrogen and oxygen atoms in total. The second kappa shape index (κ2) is 6.11. The molecule has 1 unspecified atom stereocenters. The fraction of sp³-hybridized carbons (Fsp3) is 0.444. The zero-order chi connectivity index (χ0) is 13.9. The maximum atomic E-state index is 12.0. The van der Waals surface area contributed by atoms with E-state index in [0.717, 1.165) is 17.4 Å². The summed E-state index contributed by atoms with van der Waals surface area (Å²) >= 11 is 3.86. The van der Waals surface area contributed by atoms with Crippen LogP contribution in [0.1, 0.15) is 23.0 Å². The highest BCUT2D eigenvalue weighted by Crippen LogP contribution is 2.31. The van der Waals surface area contributed by atoms with E-state index in [1.807, 2.05) is 0 Å². The van der Waals surface area contributed by atoms with E-state index in [2.05, 4.69) is 20.7 Å². The molecule has 18 heavy (non-hydrogen) atoms. The largest absolute Gasteiger partial charge is 0.477 e. The highest BCUT2D eigenvalue weighted by Gasteiger charge is 2.25. The van der Waals surface area contributed by atoms with E-state index >= 15 is 0 Å². The second-order valence-electron chi connectivity index (χ2n) is 3.46. The highest BCUT2D eigenvalue weighted by atomic mass is 79.9. The monoisotopic (exact) mass is 357 g/mol. The first kappa shape index (κ1) is 15.6. The quantitative estimate of drug-likeness (QED) is 0.710. The van der Waals surface area contributed by atoms with Gasteiger partial charge < -0.3 is 10.2 Å². The first-order valence-electron chi connectivity index (χ1n) is 4.97. The molecule has 1 heterocycles. The summed E-state index contributed by atoms with van der Waals surface area (Å²) in [6.45, 7) is 1.41. The summed E-state index contributed by atoms with van der Waals surface area (Å²) in [6.07, 6.45) is 0.434. The molecule has 102 valence electrons. The Morgan fingerprint density at radius 2 is 2.22 bits per heavy atom. The highest BCUT2D eigenvalue weighted by molar-refractivity contribution is 9.11. The Morgan fingerprint density at radius 1 is 1.61 bits per heavy atom. The number of aliphatic hydroxyl groups excluding tert-OH is 1. The number of rotatable bonds is 6. The molecule has 0 aliphatic carbocycles. The van der Waals surface area contributed by atoms with Crippen molar-refractivity contribution < 1.29 is 23.4 Å². The molecule has 1 aromatic rings. The van der Waals surface area contributed by atoms with Crippen molar-refractivity contribution in [2.24, 2.45) is 0 Å². The van der Waals surface area contributed by atoms with Crippen LogP contribution in [0.5, 0.6) is 0 Å². The lowest BCUT2D eigenvalue weighted by molar-refractivity contribution is 0.0702. The van der Waals surface area contributed by atoms with Gasteiger partial charge in [0.25, 0.3) is 0 Å². The summed E-state index contributed by atoms with van der Waals surface area (Å²) in [5, 5.41) is 17.8. The molecule has 0 radical (unpaired) electrons. The number of halogens is 1. The third-order valence-corrected chi connectivity index (χ3v) is 5.95. The van der Waals surface area contributed by atoms with Gasteiger partial charge in [-0.1, -0.05) is 6.92 Å². The molecule has 0 saturated carbocycles. The molecule has 1 rings (SSSR count). The fourth-order valence-electron chi connectivity index (χ4n) is 1.17. The SMILES string of the molecule is CCC(CO)NS(=O)(=O)c1cc(C(=O)O)sc1Br. The number of hydrogen-bond acceptors (Lipinski definition) is 5. The minimum absolute atomic E-state index is 0.0701. The van der Waals surface area contributed by atoms with Crippen molar-refractivity contribution in [1.82, 2.24) is 4.72 Å². The molecular formula is C9H12BrNO5S2. The van der Waals surface area contributed by atoms with Crippen LogP contribution in [0.15, 0.2) is 14.7 Å². The summed E-state index contributed by atoms with van der Waals surface area (Å²) in [7, 11) is -3.84. The van der Waals surface area contributed by atoms with Crippen molar-refractivity contribution in [3.05, 3.63) is 14.7 Å². The Labute approximate surface area is 117 Å². The zero-order valence-electron chi connectivity index (χ0n) is 9.38. The molecular weight excluding hydrogens is 346 g/mol. The van der Waals surface area contributed by atoms with Crippen LogP contribution in [0.2, 0.25) is 0 Å². The van der Waals surface area contributed by atoms with E-state index in [1.165, 1.54) is 0 Å². The van der Waals surface area contributed by atoms with Gasteiger partial charge in [-0.05, 0) is 28.4 Å². The number of aromatic carboxylic acids is 1. The van der Waals surface area contributed by atoms with E-state index < -0.39 is 22.0 Å². The Morgan fingerprint density at radius 3 is 2.61 bits per heavy atom. The third-order valence-electron chi connectivity index (χ3n) is 2.19. The van der Waals surface area contributed by atoms with Crippen LogP contribution in [-0.2, 0) is 10.0 Å².